The molecule has 16 heavy (non-hydrogen) atoms. The molecule has 0 aliphatic heterocycles. The molecule has 0 fully saturated rings. The maximum absolute atomic E-state index is 11.2. The molecule has 0 aromatic carbocycles. The second-order valence-corrected chi connectivity index (χ2v) is 3.11. The highest BCUT2D eigenvalue weighted by Gasteiger charge is 2.02. The van der Waals surface area contributed by atoms with Crippen molar-refractivity contribution in [3.05, 3.63) is 36.9 Å². The van der Waals surface area contributed by atoms with E-state index in [1.54, 1.807) is 12.1 Å². The molecule has 2 rings (SSSR count). The van der Waals surface area contributed by atoms with Crippen LogP contribution in [0.15, 0.2) is 36.9 Å². The van der Waals surface area contributed by atoms with Crippen LogP contribution in [0.25, 0.3) is 0 Å². The van der Waals surface area contributed by atoms with Crippen molar-refractivity contribution in [2.24, 2.45) is 0 Å². The standard InChI is InChI=1S/C6H7N4O3P.2BrH/c11-14(12-9-5-1-3-7-9)13-10-6-2-4-8-10;;/h1-6,14H;2*1H. The van der Waals surface area contributed by atoms with Gasteiger partial charge in [0, 0.05) is 0 Å². The molecule has 0 N–H and O–H groups in total. The van der Waals surface area contributed by atoms with Crippen molar-refractivity contribution >= 4 is 42.2 Å². The normalized spacial score (nSPS) is 9.06. The van der Waals surface area contributed by atoms with Crippen LogP contribution in [0.2, 0.25) is 0 Å². The van der Waals surface area contributed by atoms with E-state index in [1.807, 2.05) is 0 Å². The minimum atomic E-state index is -2.68. The van der Waals surface area contributed by atoms with Gasteiger partial charge in [0.25, 0.3) is 0 Å². The van der Waals surface area contributed by atoms with E-state index < -0.39 is 8.25 Å². The molecule has 0 unspecified atom stereocenters. The van der Waals surface area contributed by atoms with E-state index in [-0.39, 0.29) is 34.0 Å². The molecule has 0 spiro atoms. The number of rotatable bonds is 4. The Hall–Kier alpha value is -0.790. The summed E-state index contributed by atoms with van der Waals surface area (Å²) >= 11 is 0. The van der Waals surface area contributed by atoms with Gasteiger partial charge >= 0.3 is 8.25 Å². The van der Waals surface area contributed by atoms with Crippen LogP contribution in [0.1, 0.15) is 0 Å². The molecule has 7 nitrogen and oxygen atoms in total. The van der Waals surface area contributed by atoms with E-state index in [0.29, 0.717) is 0 Å². The molecular weight excluding hydrogens is 367 g/mol. The second-order valence-electron chi connectivity index (χ2n) is 2.25. The molecule has 0 aliphatic rings. The van der Waals surface area contributed by atoms with Crippen LogP contribution in [0.5, 0.6) is 0 Å². The Bertz CT molecular complexity index is 369. The lowest BCUT2D eigenvalue weighted by atomic mass is 10.8. The highest BCUT2D eigenvalue weighted by molar-refractivity contribution is 8.93. The molecule has 0 atom stereocenters. The zero-order valence-corrected chi connectivity index (χ0v) is 12.2. The first kappa shape index (κ1) is 15.2. The summed E-state index contributed by atoms with van der Waals surface area (Å²) in [6.45, 7) is 0. The third-order valence-corrected chi connectivity index (χ3v) is 1.97. The van der Waals surface area contributed by atoms with Crippen molar-refractivity contribution < 1.29 is 13.8 Å². The second kappa shape index (κ2) is 7.48. The minimum Gasteiger partial charge on any atom is -0.306 e. The number of nitrogens with zero attached hydrogens (tertiary/aromatic N) is 4. The van der Waals surface area contributed by atoms with Gasteiger partial charge in [-0.3, -0.25) is 0 Å². The van der Waals surface area contributed by atoms with Gasteiger partial charge in [0.05, 0.1) is 24.8 Å². The summed E-state index contributed by atoms with van der Waals surface area (Å²) in [5.74, 6) is 0. The lowest BCUT2D eigenvalue weighted by Gasteiger charge is -2.04. The molecule has 90 valence electrons. The Labute approximate surface area is 113 Å². The molecule has 10 heteroatoms. The lowest BCUT2D eigenvalue weighted by Crippen LogP contribution is -2.11. The van der Waals surface area contributed by atoms with Gasteiger partial charge in [0.15, 0.2) is 0 Å². The van der Waals surface area contributed by atoms with E-state index in [2.05, 4.69) is 10.2 Å². The van der Waals surface area contributed by atoms with Crippen LogP contribution >= 0.6 is 42.2 Å². The molecule has 0 aliphatic carbocycles. The Morgan fingerprint density at radius 3 is 1.69 bits per heavy atom. The summed E-state index contributed by atoms with van der Waals surface area (Å²) in [6.07, 6.45) is 6.02. The molecule has 0 saturated carbocycles. The van der Waals surface area contributed by atoms with Gasteiger partial charge in [-0.05, 0) is 12.1 Å². The van der Waals surface area contributed by atoms with Crippen molar-refractivity contribution in [3.63, 3.8) is 0 Å². The van der Waals surface area contributed by atoms with Gasteiger partial charge in [0.2, 0.25) is 0 Å². The summed E-state index contributed by atoms with van der Waals surface area (Å²) in [6, 6.07) is 3.28. The summed E-state index contributed by atoms with van der Waals surface area (Å²) in [4.78, 5) is 2.12. The minimum absolute atomic E-state index is 0. The molecule has 0 amide bonds. The summed E-state index contributed by atoms with van der Waals surface area (Å²) < 4.78 is 20.8. The van der Waals surface area contributed by atoms with Crippen molar-refractivity contribution in [1.29, 1.82) is 0 Å². The molecule has 2 aromatic heterocycles. The average Bonchev–Trinajstić information content (AvgIpc) is 2.76. The van der Waals surface area contributed by atoms with Crippen LogP contribution in [-0.4, -0.2) is 19.9 Å². The first-order chi connectivity index (χ1) is 6.84. The fourth-order valence-corrected chi connectivity index (χ4v) is 1.34. The Balaban J connectivity index is 0.00000112. The van der Waals surface area contributed by atoms with Crippen LogP contribution < -0.4 is 9.25 Å². The molecule has 2 heterocycles. The maximum Gasteiger partial charge on any atom is 0.458 e. The van der Waals surface area contributed by atoms with E-state index in [4.69, 9.17) is 9.25 Å². The van der Waals surface area contributed by atoms with Gasteiger partial charge in [-0.15, -0.1) is 44.2 Å². The van der Waals surface area contributed by atoms with Crippen molar-refractivity contribution in [3.8, 4) is 0 Å². The Kier molecular flexibility index (Phi) is 7.11. The van der Waals surface area contributed by atoms with E-state index >= 15 is 0 Å². The van der Waals surface area contributed by atoms with Crippen molar-refractivity contribution in [2.75, 3.05) is 0 Å². The highest BCUT2D eigenvalue weighted by atomic mass is 79.9. The molecule has 0 saturated heterocycles. The molecule has 0 bridgehead atoms. The van der Waals surface area contributed by atoms with Crippen LogP contribution in [0.3, 0.4) is 0 Å². The number of hydrogen-bond donors (Lipinski definition) is 0. The molecule has 2 aromatic rings. The predicted octanol–water partition coefficient (Wildman–Crippen LogP) is 1.18. The summed E-state index contributed by atoms with van der Waals surface area (Å²) in [7, 11) is -2.68. The number of halogens is 2. The van der Waals surface area contributed by atoms with Gasteiger partial charge < -0.3 is 9.25 Å². The Morgan fingerprint density at radius 1 is 0.938 bits per heavy atom. The first-order valence-corrected chi connectivity index (χ1v) is 4.97. The summed E-state index contributed by atoms with van der Waals surface area (Å²) in [5.41, 5.74) is 0. The van der Waals surface area contributed by atoms with Gasteiger partial charge in [0.1, 0.15) is 0 Å². The third kappa shape index (κ3) is 4.38. The smallest absolute Gasteiger partial charge is 0.306 e. The van der Waals surface area contributed by atoms with E-state index in [1.165, 1.54) is 24.8 Å². The zero-order chi connectivity index (χ0) is 9.80. The fraction of sp³-hybridized carbons (Fsp3) is 0. The largest absolute Gasteiger partial charge is 0.458 e. The zero-order valence-electron chi connectivity index (χ0n) is 7.79. The first-order valence-electron chi connectivity index (χ1n) is 3.74. The number of hydrogen-bond acceptors (Lipinski definition) is 5. The lowest BCUT2D eigenvalue weighted by molar-refractivity contribution is 0.158. The SMILES string of the molecule is Br.Br.O=[PH](On1cccn1)On1cccn1. The topological polar surface area (TPSA) is 71.2 Å². The van der Waals surface area contributed by atoms with Gasteiger partial charge in [-0.25, -0.2) is 4.57 Å². The molecular formula is C6H9Br2N4O3P. The van der Waals surface area contributed by atoms with Gasteiger partial charge in [-0.2, -0.15) is 0 Å². The molecule has 0 radical (unpaired) electrons. The van der Waals surface area contributed by atoms with Crippen molar-refractivity contribution in [2.45, 2.75) is 0 Å². The fourth-order valence-electron chi connectivity index (χ4n) is 0.787. The maximum atomic E-state index is 11.2. The van der Waals surface area contributed by atoms with Crippen LogP contribution in [0.4, 0.5) is 0 Å². The van der Waals surface area contributed by atoms with Crippen molar-refractivity contribution in [1.82, 2.24) is 19.9 Å². The number of aromatic nitrogens is 4. The monoisotopic (exact) mass is 374 g/mol. The predicted molar refractivity (Wildman–Crippen MR) is 67.3 cm³/mol. The highest BCUT2D eigenvalue weighted by Crippen LogP contribution is 2.13. The van der Waals surface area contributed by atoms with Crippen LogP contribution in [-0.2, 0) is 4.57 Å². The third-order valence-electron chi connectivity index (χ3n) is 1.30. The van der Waals surface area contributed by atoms with Gasteiger partial charge in [-0.1, -0.05) is 9.69 Å². The summed E-state index contributed by atoms with van der Waals surface area (Å²) in [5, 5.41) is 7.39. The Morgan fingerprint density at radius 2 is 1.38 bits per heavy atom. The van der Waals surface area contributed by atoms with Crippen LogP contribution in [0, 0.1) is 0 Å². The van der Waals surface area contributed by atoms with E-state index in [9.17, 15) is 4.57 Å². The van der Waals surface area contributed by atoms with E-state index in [0.717, 1.165) is 9.69 Å². The quantitative estimate of drug-likeness (QED) is 0.750. The average molecular weight is 376 g/mol.